The lowest BCUT2D eigenvalue weighted by molar-refractivity contribution is -0.120. The molecular weight excluding hydrogens is 968 g/mol. The predicted molar refractivity (Wildman–Crippen MR) is 282 cm³/mol. The molecule has 0 amide bonds. The summed E-state index contributed by atoms with van der Waals surface area (Å²) in [6.45, 7) is 14.1. The monoisotopic (exact) mass is 1030 g/mol. The van der Waals surface area contributed by atoms with Crippen molar-refractivity contribution in [3.05, 3.63) is 139 Å². The SMILES string of the molecule is COc1cc2c(cc1-c1c(C)coc1C)ncc1c2n([C@H](C)c2ccccn2)c(=O)n1CC(=O)CCCOCCOCCOCCCC(=O)C[C@@H]1N=C(c2ccc(Cl)cc2)c2c(sc(C)c2C)-n2c(C)nnc21. The van der Waals surface area contributed by atoms with E-state index in [0.717, 1.165) is 55.7 Å². The van der Waals surface area contributed by atoms with E-state index in [-0.39, 0.29) is 36.6 Å². The van der Waals surface area contributed by atoms with Gasteiger partial charge in [-0.05, 0) is 102 Å². The number of hydrogen-bond acceptors (Lipinski definition) is 14. The summed E-state index contributed by atoms with van der Waals surface area (Å²) < 4.78 is 34.2. The first kappa shape index (κ1) is 51.3. The van der Waals surface area contributed by atoms with Gasteiger partial charge < -0.3 is 23.4 Å². The van der Waals surface area contributed by atoms with Crippen molar-refractivity contribution in [2.24, 2.45) is 4.99 Å². The highest BCUT2D eigenvalue weighted by Gasteiger charge is 2.33. The highest BCUT2D eigenvalue weighted by atomic mass is 35.5. The van der Waals surface area contributed by atoms with Crippen molar-refractivity contribution in [1.82, 2.24) is 33.9 Å². The molecular formula is C55H59ClN8O8S. The number of nitrogens with zero attached hydrogens (tertiary/aromatic N) is 8. The molecule has 2 aromatic carbocycles. The van der Waals surface area contributed by atoms with Crippen LogP contribution in [0, 0.1) is 34.6 Å². The molecule has 0 radical (unpaired) electrons. The van der Waals surface area contributed by atoms with Crippen LogP contribution >= 0.6 is 22.9 Å². The Hall–Kier alpha value is -6.63. The van der Waals surface area contributed by atoms with Crippen LogP contribution in [0.2, 0.25) is 5.02 Å². The number of ketones is 2. The summed E-state index contributed by atoms with van der Waals surface area (Å²) in [5.74, 6) is 2.74. The topological polar surface area (TPSA) is 180 Å². The summed E-state index contributed by atoms with van der Waals surface area (Å²) in [6, 6.07) is 16.2. The molecule has 0 spiro atoms. The third kappa shape index (κ3) is 10.7. The van der Waals surface area contributed by atoms with Crippen molar-refractivity contribution >= 4 is 62.2 Å². The molecule has 0 bridgehead atoms. The predicted octanol–water partition coefficient (Wildman–Crippen LogP) is 10.2. The van der Waals surface area contributed by atoms with Crippen LogP contribution in [0.1, 0.15) is 101 Å². The number of halogens is 1. The lowest BCUT2D eigenvalue weighted by Crippen LogP contribution is -2.29. The molecule has 0 unspecified atom stereocenters. The van der Waals surface area contributed by atoms with Gasteiger partial charge in [-0.15, -0.1) is 21.5 Å². The molecule has 9 rings (SSSR count). The van der Waals surface area contributed by atoms with Gasteiger partial charge in [-0.25, -0.2) is 4.79 Å². The summed E-state index contributed by atoms with van der Waals surface area (Å²) in [5, 5.41) is 11.3. The lowest BCUT2D eigenvalue weighted by atomic mass is 9.99. The normalized spacial score (nSPS) is 13.8. The number of rotatable bonds is 23. The van der Waals surface area contributed by atoms with Crippen LogP contribution in [0.3, 0.4) is 0 Å². The lowest BCUT2D eigenvalue weighted by Gasteiger charge is -2.15. The molecule has 0 saturated carbocycles. The summed E-state index contributed by atoms with van der Waals surface area (Å²) in [7, 11) is 1.62. The van der Waals surface area contributed by atoms with Gasteiger partial charge in [0.25, 0.3) is 0 Å². The fraction of sp³-hybridized carbons (Fsp3) is 0.382. The number of fused-ring (bicyclic) bond motifs is 6. The number of aryl methyl sites for hydroxylation is 4. The maximum Gasteiger partial charge on any atom is 0.330 e. The van der Waals surface area contributed by atoms with Gasteiger partial charge >= 0.3 is 5.69 Å². The van der Waals surface area contributed by atoms with Crippen LogP contribution in [-0.4, -0.2) is 97.9 Å². The second-order valence-electron chi connectivity index (χ2n) is 18.3. The van der Waals surface area contributed by atoms with Crippen molar-refractivity contribution in [1.29, 1.82) is 0 Å². The molecule has 380 valence electrons. The summed E-state index contributed by atoms with van der Waals surface area (Å²) in [6.07, 6.45) is 6.89. The number of aromatic nitrogens is 7. The minimum absolute atomic E-state index is 0.0691. The number of furan rings is 1. The molecule has 0 aliphatic carbocycles. The number of hydrogen-bond donors (Lipinski definition) is 0. The maximum absolute atomic E-state index is 14.4. The van der Waals surface area contributed by atoms with Crippen LogP contribution in [0.5, 0.6) is 5.75 Å². The van der Waals surface area contributed by atoms with Crippen LogP contribution in [0.4, 0.5) is 0 Å². The number of benzene rings is 2. The van der Waals surface area contributed by atoms with Gasteiger partial charge in [0, 0.05) is 76.2 Å². The third-order valence-electron chi connectivity index (χ3n) is 13.4. The molecule has 7 heterocycles. The quantitative estimate of drug-likeness (QED) is 0.0554. The first-order valence-corrected chi connectivity index (χ1v) is 25.7. The number of imidazole rings is 1. The van der Waals surface area contributed by atoms with E-state index < -0.39 is 12.1 Å². The second-order valence-corrected chi connectivity index (χ2v) is 20.0. The van der Waals surface area contributed by atoms with E-state index in [4.69, 9.17) is 44.9 Å². The first-order chi connectivity index (χ1) is 35.3. The van der Waals surface area contributed by atoms with Crippen molar-refractivity contribution in [2.45, 2.75) is 92.3 Å². The summed E-state index contributed by atoms with van der Waals surface area (Å²) >= 11 is 7.93. The molecule has 0 N–H and O–H groups in total. The number of methoxy groups -OCH3 is 1. The Morgan fingerprint density at radius 2 is 1.58 bits per heavy atom. The van der Waals surface area contributed by atoms with Gasteiger partial charge in [0.05, 0.1) is 86.5 Å². The fourth-order valence-corrected chi connectivity index (χ4v) is 10.9. The van der Waals surface area contributed by atoms with Gasteiger partial charge in [-0.1, -0.05) is 29.8 Å². The number of pyridine rings is 2. The molecule has 0 fully saturated rings. The number of Topliss-reactive ketones (excluding diaryl/α,β-unsaturated/α-hetero) is 2. The van der Waals surface area contributed by atoms with Gasteiger partial charge in [0.1, 0.15) is 34.2 Å². The van der Waals surface area contributed by atoms with Gasteiger partial charge in [0.2, 0.25) is 0 Å². The summed E-state index contributed by atoms with van der Waals surface area (Å²) in [5.41, 5.74) is 8.87. The largest absolute Gasteiger partial charge is 0.496 e. The van der Waals surface area contributed by atoms with Crippen LogP contribution in [-0.2, 0) is 30.3 Å². The highest BCUT2D eigenvalue weighted by Crippen LogP contribution is 2.42. The van der Waals surface area contributed by atoms with E-state index in [9.17, 15) is 14.4 Å². The smallest absolute Gasteiger partial charge is 0.330 e. The van der Waals surface area contributed by atoms with Crippen molar-refractivity contribution < 1.29 is 33.0 Å². The Labute approximate surface area is 432 Å². The van der Waals surface area contributed by atoms with Crippen molar-refractivity contribution in [2.75, 3.05) is 46.8 Å². The van der Waals surface area contributed by atoms with E-state index in [1.807, 2.05) is 82.3 Å². The van der Waals surface area contributed by atoms with Crippen molar-refractivity contribution in [3.63, 3.8) is 0 Å². The Balaban J connectivity index is 0.726. The maximum atomic E-state index is 14.4. The van der Waals surface area contributed by atoms with E-state index in [2.05, 4.69) is 33.6 Å². The zero-order valence-electron chi connectivity index (χ0n) is 42.2. The number of carbonyl (C=O) groups is 2. The Morgan fingerprint density at radius 1 is 0.863 bits per heavy atom. The van der Waals surface area contributed by atoms with Crippen LogP contribution < -0.4 is 10.4 Å². The molecule has 6 aromatic heterocycles. The first-order valence-electron chi connectivity index (χ1n) is 24.5. The third-order valence-corrected chi connectivity index (χ3v) is 14.8. The average Bonchev–Trinajstić information content (AvgIpc) is 4.08. The zero-order valence-corrected chi connectivity index (χ0v) is 43.8. The molecule has 16 nitrogen and oxygen atoms in total. The highest BCUT2D eigenvalue weighted by molar-refractivity contribution is 7.15. The van der Waals surface area contributed by atoms with Gasteiger partial charge in [-0.2, -0.15) is 0 Å². The second kappa shape index (κ2) is 22.6. The van der Waals surface area contributed by atoms with E-state index in [1.165, 1.54) is 9.44 Å². The molecule has 2 atom stereocenters. The Kier molecular flexibility index (Phi) is 15.9. The number of thiophene rings is 1. The molecule has 73 heavy (non-hydrogen) atoms. The number of ether oxygens (including phenoxy) is 4. The minimum Gasteiger partial charge on any atom is -0.496 e. The number of carbonyl (C=O) groups excluding carboxylic acids is 2. The van der Waals surface area contributed by atoms with E-state index in [1.54, 1.807) is 41.7 Å². The molecule has 8 aromatic rings. The average molecular weight is 1030 g/mol. The van der Waals surface area contributed by atoms with Gasteiger partial charge in [0.15, 0.2) is 11.6 Å². The minimum atomic E-state index is -0.503. The Morgan fingerprint density at radius 3 is 2.25 bits per heavy atom. The van der Waals surface area contributed by atoms with E-state index in [0.29, 0.717) is 103 Å². The molecule has 0 saturated heterocycles. The zero-order chi connectivity index (χ0) is 51.3. The number of aliphatic imine (C=N–C) groups is 1. The fourth-order valence-electron chi connectivity index (χ4n) is 9.57. The summed E-state index contributed by atoms with van der Waals surface area (Å²) in [4.78, 5) is 57.1. The molecule has 1 aliphatic rings. The standard InChI is InChI=1S/C55H59ClN8O8S/c1-32-31-72-35(4)49(32)43-27-45-42(28-48(43)68-7)52-47(29-58-45)62(55(67)63(52)34(3)44-14-8-9-19-57-44)30-41(66)13-11-21-70-23-25-71-24-22-69-20-10-12-40(65)26-46-53-61-60-37(6)64(53)54-50(33(2)36(5)73-54)51(59-46)38-15-17-39(56)18-16-38/h8-9,14-19,27-29,31,34,46H,10-13,20-26,30H2,1-7H3/t34-,46+/m1/s1. The van der Waals surface area contributed by atoms with Crippen LogP contribution in [0.15, 0.2) is 87.5 Å². The van der Waals surface area contributed by atoms with Gasteiger partial charge in [-0.3, -0.25) is 38.3 Å². The van der Waals surface area contributed by atoms with Crippen molar-refractivity contribution in [3.8, 4) is 21.9 Å². The van der Waals surface area contributed by atoms with Crippen LogP contribution in [0.25, 0.3) is 38.1 Å². The molecule has 18 heteroatoms. The Bertz CT molecular complexity index is 3370. The van der Waals surface area contributed by atoms with E-state index >= 15 is 0 Å². The molecule has 1 aliphatic heterocycles.